The van der Waals surface area contributed by atoms with Crippen LogP contribution in [0, 0.1) is 0 Å². The van der Waals surface area contributed by atoms with Gasteiger partial charge in [0.2, 0.25) is 5.91 Å². The Labute approximate surface area is 198 Å². The van der Waals surface area contributed by atoms with Crippen LogP contribution in [0.4, 0.5) is 5.13 Å². The fourth-order valence-electron chi connectivity index (χ4n) is 2.90. The third kappa shape index (κ3) is 6.17. The highest BCUT2D eigenvalue weighted by molar-refractivity contribution is 8.01. The van der Waals surface area contributed by atoms with Crippen molar-refractivity contribution < 1.29 is 4.79 Å². The molecule has 0 saturated carbocycles. The Morgan fingerprint density at radius 3 is 2.58 bits per heavy atom. The summed E-state index contributed by atoms with van der Waals surface area (Å²) in [6.07, 6.45) is 3.69. The quantitative estimate of drug-likeness (QED) is 0.279. The highest BCUT2D eigenvalue weighted by atomic mass is 35.5. The normalized spacial score (nSPS) is 10.9. The van der Waals surface area contributed by atoms with E-state index < -0.39 is 0 Å². The number of rotatable bonds is 8. The van der Waals surface area contributed by atoms with Gasteiger partial charge in [0.05, 0.1) is 11.4 Å². The van der Waals surface area contributed by atoms with E-state index in [2.05, 4.69) is 46.5 Å². The fraction of sp³-hybridized carbons (Fsp3) is 0.174. The molecule has 0 aliphatic rings. The summed E-state index contributed by atoms with van der Waals surface area (Å²) >= 11 is 10.4. The molecule has 0 saturated heterocycles. The molecule has 0 atom stereocenters. The number of benzene rings is 2. The van der Waals surface area contributed by atoms with Crippen molar-refractivity contribution in [1.29, 1.82) is 0 Å². The molecule has 1 N–H and O–H groups in total. The molecule has 2 aromatic carbocycles. The van der Waals surface area contributed by atoms with E-state index in [0.29, 0.717) is 15.9 Å². The number of halogens is 1. The van der Waals surface area contributed by atoms with Crippen LogP contribution in [0.5, 0.6) is 0 Å². The third-order valence-electron chi connectivity index (χ3n) is 4.56. The molecule has 4 nitrogen and oxygen atoms in total. The first-order chi connectivity index (χ1) is 15.1. The second-order valence-electron chi connectivity index (χ2n) is 6.82. The Bertz CT molecular complexity index is 1150. The summed E-state index contributed by atoms with van der Waals surface area (Å²) in [4.78, 5) is 22.4. The summed E-state index contributed by atoms with van der Waals surface area (Å²) in [5.41, 5.74) is 4.48. The van der Waals surface area contributed by atoms with Crippen molar-refractivity contribution in [3.05, 3.63) is 81.1 Å². The van der Waals surface area contributed by atoms with Gasteiger partial charge in [0.15, 0.2) is 9.47 Å². The Balaban J connectivity index is 1.28. The van der Waals surface area contributed by atoms with Gasteiger partial charge < -0.3 is 5.32 Å². The van der Waals surface area contributed by atoms with Crippen molar-refractivity contribution >= 4 is 57.1 Å². The van der Waals surface area contributed by atoms with E-state index in [1.165, 1.54) is 45.6 Å². The van der Waals surface area contributed by atoms with Crippen LogP contribution in [0.15, 0.2) is 64.4 Å². The van der Waals surface area contributed by atoms with E-state index in [4.69, 9.17) is 11.6 Å². The lowest BCUT2D eigenvalue weighted by atomic mass is 10.1. The zero-order valence-corrected chi connectivity index (χ0v) is 20.0. The molecule has 1 amide bonds. The standard InChI is InChI=1S/C23H20ClN3OS3/c1-2-15-3-5-16(6-4-15)11-19-12-25-22(31-19)27-21(28)14-30-23-26-20(13-29-23)17-7-9-18(24)10-8-17/h3-10,12-13H,2,11,14H2,1H3,(H,25,27,28). The van der Waals surface area contributed by atoms with Gasteiger partial charge in [0, 0.05) is 33.5 Å². The highest BCUT2D eigenvalue weighted by Crippen LogP contribution is 2.29. The number of carbonyl (C=O) groups excluding carboxylic acids is 1. The maximum absolute atomic E-state index is 12.3. The first-order valence-electron chi connectivity index (χ1n) is 9.75. The van der Waals surface area contributed by atoms with Crippen molar-refractivity contribution in [2.75, 3.05) is 11.1 Å². The zero-order valence-electron chi connectivity index (χ0n) is 16.8. The maximum atomic E-state index is 12.3. The molecule has 2 aromatic heterocycles. The number of anilines is 1. The summed E-state index contributed by atoms with van der Waals surface area (Å²) in [5.74, 6) is 0.211. The minimum Gasteiger partial charge on any atom is -0.301 e. The van der Waals surface area contributed by atoms with Gasteiger partial charge in [0.25, 0.3) is 0 Å². The third-order valence-corrected chi connectivity index (χ3v) is 7.75. The lowest BCUT2D eigenvalue weighted by molar-refractivity contribution is -0.113. The largest absolute Gasteiger partial charge is 0.301 e. The number of hydrogen-bond acceptors (Lipinski definition) is 6. The van der Waals surface area contributed by atoms with Gasteiger partial charge in [-0.3, -0.25) is 4.79 Å². The van der Waals surface area contributed by atoms with Crippen LogP contribution in [0.3, 0.4) is 0 Å². The number of nitrogens with zero attached hydrogens (tertiary/aromatic N) is 2. The molecule has 4 rings (SSSR count). The van der Waals surface area contributed by atoms with Crippen molar-refractivity contribution in [2.24, 2.45) is 0 Å². The first-order valence-corrected chi connectivity index (χ1v) is 12.8. The molecule has 0 spiro atoms. The molecule has 0 aliphatic heterocycles. The van der Waals surface area contributed by atoms with Crippen molar-refractivity contribution in [3.63, 3.8) is 0 Å². The van der Waals surface area contributed by atoms with E-state index in [1.807, 2.05) is 35.8 Å². The van der Waals surface area contributed by atoms with E-state index in [9.17, 15) is 4.79 Å². The molecule has 158 valence electrons. The first kappa shape index (κ1) is 22.0. The van der Waals surface area contributed by atoms with E-state index in [-0.39, 0.29) is 5.91 Å². The average molecular weight is 486 g/mol. The molecule has 0 radical (unpaired) electrons. The van der Waals surface area contributed by atoms with Crippen LogP contribution in [0.2, 0.25) is 5.02 Å². The Kier molecular flexibility index (Phi) is 7.40. The average Bonchev–Trinajstić information content (AvgIpc) is 3.43. The molecular formula is C23H20ClN3OS3. The van der Waals surface area contributed by atoms with E-state index in [0.717, 1.165) is 33.3 Å². The predicted molar refractivity (Wildman–Crippen MR) is 133 cm³/mol. The predicted octanol–water partition coefficient (Wildman–Crippen LogP) is 6.80. The molecule has 0 unspecified atom stereocenters. The maximum Gasteiger partial charge on any atom is 0.236 e. The van der Waals surface area contributed by atoms with Crippen LogP contribution in [0.25, 0.3) is 11.3 Å². The molecule has 31 heavy (non-hydrogen) atoms. The molecule has 2 heterocycles. The lowest BCUT2D eigenvalue weighted by Gasteiger charge is -2.01. The summed E-state index contributed by atoms with van der Waals surface area (Å²) in [5, 5.41) is 6.21. The molecule has 4 aromatic rings. The molecule has 0 bridgehead atoms. The number of carbonyl (C=O) groups is 1. The number of thiazole rings is 2. The monoisotopic (exact) mass is 485 g/mol. The van der Waals surface area contributed by atoms with Gasteiger partial charge in [-0.05, 0) is 29.7 Å². The van der Waals surface area contributed by atoms with Gasteiger partial charge in [-0.1, -0.05) is 66.7 Å². The summed E-state index contributed by atoms with van der Waals surface area (Å²) in [6, 6.07) is 16.2. The van der Waals surface area contributed by atoms with Crippen LogP contribution < -0.4 is 5.32 Å². The lowest BCUT2D eigenvalue weighted by Crippen LogP contribution is -2.13. The number of nitrogens with one attached hydrogen (secondary N) is 1. The molecule has 0 aliphatic carbocycles. The zero-order chi connectivity index (χ0) is 21.6. The van der Waals surface area contributed by atoms with Gasteiger partial charge in [0.1, 0.15) is 0 Å². The van der Waals surface area contributed by atoms with Crippen LogP contribution in [-0.4, -0.2) is 21.6 Å². The number of thioether (sulfide) groups is 1. The van der Waals surface area contributed by atoms with Crippen LogP contribution >= 0.6 is 46.0 Å². The van der Waals surface area contributed by atoms with E-state index in [1.54, 1.807) is 0 Å². The summed E-state index contributed by atoms with van der Waals surface area (Å²) < 4.78 is 0.857. The molecule has 8 heteroatoms. The second-order valence-corrected chi connectivity index (χ2v) is 10.5. The topological polar surface area (TPSA) is 54.9 Å². The van der Waals surface area contributed by atoms with Crippen molar-refractivity contribution in [1.82, 2.24) is 9.97 Å². The number of amides is 1. The number of aryl methyl sites for hydroxylation is 1. The van der Waals surface area contributed by atoms with Crippen molar-refractivity contribution in [3.8, 4) is 11.3 Å². The highest BCUT2D eigenvalue weighted by Gasteiger charge is 2.11. The Morgan fingerprint density at radius 1 is 1.10 bits per heavy atom. The Morgan fingerprint density at radius 2 is 1.84 bits per heavy atom. The second kappa shape index (κ2) is 10.4. The van der Waals surface area contributed by atoms with Gasteiger partial charge in [-0.15, -0.1) is 22.7 Å². The van der Waals surface area contributed by atoms with Crippen LogP contribution in [0.1, 0.15) is 22.9 Å². The van der Waals surface area contributed by atoms with E-state index >= 15 is 0 Å². The van der Waals surface area contributed by atoms with Crippen LogP contribution in [-0.2, 0) is 17.6 Å². The summed E-state index contributed by atoms with van der Waals surface area (Å²) in [7, 11) is 0. The van der Waals surface area contributed by atoms with Gasteiger partial charge >= 0.3 is 0 Å². The Hall–Kier alpha value is -2.19. The fourth-order valence-corrected chi connectivity index (χ4v) is 5.52. The van der Waals surface area contributed by atoms with Crippen molar-refractivity contribution in [2.45, 2.75) is 24.1 Å². The SMILES string of the molecule is CCc1ccc(Cc2cnc(NC(=O)CSc3nc(-c4ccc(Cl)cc4)cs3)s2)cc1. The number of aromatic nitrogens is 2. The van der Waals surface area contributed by atoms with Gasteiger partial charge in [-0.2, -0.15) is 0 Å². The molecular weight excluding hydrogens is 466 g/mol. The number of hydrogen-bond donors (Lipinski definition) is 1. The summed E-state index contributed by atoms with van der Waals surface area (Å²) in [6.45, 7) is 2.15. The minimum atomic E-state index is -0.0820. The minimum absolute atomic E-state index is 0.0820. The molecule has 0 fully saturated rings. The van der Waals surface area contributed by atoms with Gasteiger partial charge in [-0.25, -0.2) is 9.97 Å². The smallest absolute Gasteiger partial charge is 0.236 e.